The molecule has 0 amide bonds. The zero-order chi connectivity index (χ0) is 20.5. The summed E-state index contributed by atoms with van der Waals surface area (Å²) >= 11 is 0. The molecule has 2 aromatic carbocycles. The summed E-state index contributed by atoms with van der Waals surface area (Å²) in [5.41, 5.74) is 1.95. The van der Waals surface area contributed by atoms with Crippen molar-refractivity contribution in [1.29, 1.82) is 0 Å². The van der Waals surface area contributed by atoms with Gasteiger partial charge in [0.15, 0.2) is 17.5 Å². The van der Waals surface area contributed by atoms with Gasteiger partial charge in [-0.1, -0.05) is 18.2 Å². The number of halogens is 1. The number of rotatable bonds is 8. The van der Waals surface area contributed by atoms with E-state index in [4.69, 9.17) is 9.47 Å². The maximum atomic E-state index is 13.6. The minimum absolute atomic E-state index is 0.00957. The third kappa shape index (κ3) is 5.85. The molecule has 28 heavy (non-hydrogen) atoms. The van der Waals surface area contributed by atoms with Gasteiger partial charge < -0.3 is 25.0 Å². The topological polar surface area (TPSA) is 58.1 Å². The molecule has 0 fully saturated rings. The average Bonchev–Trinajstić information content (AvgIpc) is 2.70. The van der Waals surface area contributed by atoms with Crippen LogP contribution < -0.4 is 20.1 Å². The van der Waals surface area contributed by atoms with Crippen LogP contribution >= 0.6 is 0 Å². The molecular formula is C21H29FN4O2. The molecule has 152 valence electrons. The molecule has 0 spiro atoms. The predicted molar refractivity (Wildman–Crippen MR) is 111 cm³/mol. The minimum atomic E-state index is -0.236. The summed E-state index contributed by atoms with van der Waals surface area (Å²) < 4.78 is 24.2. The van der Waals surface area contributed by atoms with Crippen molar-refractivity contribution in [2.75, 3.05) is 41.9 Å². The Balaban J connectivity index is 1.98. The van der Waals surface area contributed by atoms with Gasteiger partial charge >= 0.3 is 0 Å². The number of benzene rings is 2. The molecule has 2 rings (SSSR count). The summed E-state index contributed by atoms with van der Waals surface area (Å²) in [4.78, 5) is 6.31. The van der Waals surface area contributed by atoms with Crippen LogP contribution in [-0.2, 0) is 6.54 Å². The summed E-state index contributed by atoms with van der Waals surface area (Å²) in [6.45, 7) is 1.16. The normalized spacial score (nSPS) is 12.6. The van der Waals surface area contributed by atoms with Crippen LogP contribution in [0, 0.1) is 5.82 Å². The number of hydrogen-bond donors (Lipinski definition) is 2. The smallest absolute Gasteiger partial charge is 0.191 e. The van der Waals surface area contributed by atoms with Crippen LogP contribution in [0.3, 0.4) is 0 Å². The maximum Gasteiger partial charge on any atom is 0.191 e. The van der Waals surface area contributed by atoms with E-state index in [2.05, 4.69) is 15.6 Å². The molecule has 0 aliphatic carbocycles. The lowest BCUT2D eigenvalue weighted by atomic mass is 10.1. The number of guanidine groups is 1. The molecule has 2 N–H and O–H groups in total. The van der Waals surface area contributed by atoms with Crippen molar-refractivity contribution >= 4 is 5.96 Å². The van der Waals surface area contributed by atoms with Gasteiger partial charge in [0, 0.05) is 20.1 Å². The molecule has 0 heterocycles. The van der Waals surface area contributed by atoms with Crippen LogP contribution in [0.15, 0.2) is 47.5 Å². The van der Waals surface area contributed by atoms with E-state index in [0.29, 0.717) is 30.5 Å². The monoisotopic (exact) mass is 388 g/mol. The molecule has 0 aromatic heterocycles. The predicted octanol–water partition coefficient (Wildman–Crippen LogP) is 2.81. The van der Waals surface area contributed by atoms with Gasteiger partial charge in [-0.05, 0) is 49.5 Å². The Labute approximate surface area is 166 Å². The Morgan fingerprint density at radius 3 is 2.43 bits per heavy atom. The molecule has 0 aliphatic heterocycles. The van der Waals surface area contributed by atoms with Crippen LogP contribution in [0.5, 0.6) is 11.5 Å². The number of methoxy groups -OCH3 is 2. The molecule has 2 aromatic rings. The van der Waals surface area contributed by atoms with Crippen molar-refractivity contribution in [3.05, 3.63) is 59.4 Å². The molecule has 0 saturated heterocycles. The van der Waals surface area contributed by atoms with E-state index >= 15 is 0 Å². The Morgan fingerprint density at radius 1 is 1.07 bits per heavy atom. The highest BCUT2D eigenvalue weighted by Gasteiger charge is 2.15. The second kappa shape index (κ2) is 10.5. The van der Waals surface area contributed by atoms with Crippen molar-refractivity contribution in [3.8, 4) is 11.5 Å². The van der Waals surface area contributed by atoms with Gasteiger partial charge in [0.1, 0.15) is 5.82 Å². The molecule has 0 aliphatic rings. The number of ether oxygens (including phenoxy) is 2. The summed E-state index contributed by atoms with van der Waals surface area (Å²) in [5.74, 6) is 1.81. The van der Waals surface area contributed by atoms with Crippen LogP contribution in [0.2, 0.25) is 0 Å². The quantitative estimate of drug-likeness (QED) is 0.538. The molecule has 7 heteroatoms. The van der Waals surface area contributed by atoms with E-state index in [0.717, 1.165) is 11.1 Å². The van der Waals surface area contributed by atoms with E-state index in [-0.39, 0.29) is 11.9 Å². The third-order valence-electron chi connectivity index (χ3n) is 4.45. The molecule has 1 unspecified atom stereocenters. The average molecular weight is 388 g/mol. The van der Waals surface area contributed by atoms with E-state index in [1.54, 1.807) is 33.4 Å². The van der Waals surface area contributed by atoms with Gasteiger partial charge in [0.2, 0.25) is 0 Å². The van der Waals surface area contributed by atoms with Crippen molar-refractivity contribution < 1.29 is 13.9 Å². The lowest BCUT2D eigenvalue weighted by Gasteiger charge is -2.26. The van der Waals surface area contributed by atoms with E-state index in [9.17, 15) is 4.39 Å². The SMILES string of the molecule is CN=C(NCc1ccc(OC)c(OC)c1)NCC(c1cccc(F)c1)N(C)C. The standard InChI is InChI=1S/C21H29FN4O2/c1-23-21(24-13-15-9-10-19(27-4)20(11-15)28-5)25-14-18(26(2)3)16-7-6-8-17(22)12-16/h6-12,18H,13-14H2,1-5H3,(H2,23,24,25). The van der Waals surface area contributed by atoms with Gasteiger partial charge in [-0.25, -0.2) is 4.39 Å². The van der Waals surface area contributed by atoms with Crippen molar-refractivity contribution in [3.63, 3.8) is 0 Å². The molecule has 1 atom stereocenters. The maximum absolute atomic E-state index is 13.6. The van der Waals surface area contributed by atoms with Crippen LogP contribution in [0.25, 0.3) is 0 Å². The van der Waals surface area contributed by atoms with Crippen molar-refractivity contribution in [1.82, 2.24) is 15.5 Å². The summed E-state index contributed by atoms with van der Waals surface area (Å²) in [6.07, 6.45) is 0. The van der Waals surface area contributed by atoms with E-state index in [1.165, 1.54) is 6.07 Å². The highest BCUT2D eigenvalue weighted by Crippen LogP contribution is 2.27. The van der Waals surface area contributed by atoms with Crippen molar-refractivity contribution in [2.24, 2.45) is 4.99 Å². The first-order valence-corrected chi connectivity index (χ1v) is 9.05. The number of aliphatic imine (C=N–C) groups is 1. The van der Waals surface area contributed by atoms with Gasteiger partial charge in [-0.15, -0.1) is 0 Å². The molecule has 0 radical (unpaired) electrons. The zero-order valence-corrected chi connectivity index (χ0v) is 17.1. The number of nitrogens with zero attached hydrogens (tertiary/aromatic N) is 2. The Kier molecular flexibility index (Phi) is 8.07. The number of likely N-dealkylation sites (N-methyl/N-ethyl adjacent to an activating group) is 1. The zero-order valence-electron chi connectivity index (χ0n) is 17.1. The fourth-order valence-electron chi connectivity index (χ4n) is 2.90. The minimum Gasteiger partial charge on any atom is -0.493 e. The van der Waals surface area contributed by atoms with Gasteiger partial charge in [-0.3, -0.25) is 4.99 Å². The Morgan fingerprint density at radius 2 is 1.82 bits per heavy atom. The van der Waals surface area contributed by atoms with E-state index < -0.39 is 0 Å². The largest absolute Gasteiger partial charge is 0.493 e. The van der Waals surface area contributed by atoms with Crippen molar-refractivity contribution in [2.45, 2.75) is 12.6 Å². The Hall–Kier alpha value is -2.80. The molecular weight excluding hydrogens is 359 g/mol. The fourth-order valence-corrected chi connectivity index (χ4v) is 2.90. The first-order chi connectivity index (χ1) is 13.5. The first kappa shape index (κ1) is 21.5. The van der Waals surface area contributed by atoms with Crippen LogP contribution in [-0.4, -0.2) is 52.8 Å². The third-order valence-corrected chi connectivity index (χ3v) is 4.45. The van der Waals surface area contributed by atoms with Crippen LogP contribution in [0.4, 0.5) is 4.39 Å². The second-order valence-corrected chi connectivity index (χ2v) is 6.53. The number of hydrogen-bond acceptors (Lipinski definition) is 4. The molecule has 0 bridgehead atoms. The highest BCUT2D eigenvalue weighted by atomic mass is 19.1. The fraction of sp³-hybridized carbons (Fsp3) is 0.381. The molecule has 0 saturated carbocycles. The Bertz CT molecular complexity index is 796. The highest BCUT2D eigenvalue weighted by molar-refractivity contribution is 5.79. The molecule has 6 nitrogen and oxygen atoms in total. The van der Waals surface area contributed by atoms with Crippen LogP contribution in [0.1, 0.15) is 17.2 Å². The lowest BCUT2D eigenvalue weighted by Crippen LogP contribution is -2.41. The number of nitrogens with one attached hydrogen (secondary N) is 2. The summed E-state index contributed by atoms with van der Waals surface area (Å²) in [6, 6.07) is 12.4. The van der Waals surface area contributed by atoms with Gasteiger partial charge in [-0.2, -0.15) is 0 Å². The summed E-state index contributed by atoms with van der Waals surface area (Å²) in [7, 11) is 8.88. The van der Waals surface area contributed by atoms with E-state index in [1.807, 2.05) is 43.3 Å². The first-order valence-electron chi connectivity index (χ1n) is 9.05. The second-order valence-electron chi connectivity index (χ2n) is 6.53. The lowest BCUT2D eigenvalue weighted by molar-refractivity contribution is 0.297. The van der Waals surface area contributed by atoms with Gasteiger partial charge in [0.05, 0.1) is 20.3 Å². The van der Waals surface area contributed by atoms with Gasteiger partial charge in [0.25, 0.3) is 0 Å². The summed E-state index contributed by atoms with van der Waals surface area (Å²) in [5, 5.41) is 6.59.